The molecule has 0 radical (unpaired) electrons. The first-order valence-corrected chi connectivity index (χ1v) is 7.70. The molecule has 0 spiro atoms. The number of hydrogen-bond donors (Lipinski definition) is 1. The van der Waals surface area contributed by atoms with Gasteiger partial charge < -0.3 is 9.88 Å². The van der Waals surface area contributed by atoms with E-state index >= 15 is 0 Å². The van der Waals surface area contributed by atoms with Gasteiger partial charge in [0.2, 0.25) is 0 Å². The summed E-state index contributed by atoms with van der Waals surface area (Å²) in [4.78, 5) is 22.1. The van der Waals surface area contributed by atoms with E-state index < -0.39 is 0 Å². The summed E-state index contributed by atoms with van der Waals surface area (Å²) in [5, 5.41) is 0. The summed E-state index contributed by atoms with van der Waals surface area (Å²) in [5.41, 5.74) is 2.17. The number of hydrogen-bond acceptors (Lipinski definition) is 2. The van der Waals surface area contributed by atoms with Gasteiger partial charge >= 0.3 is 0 Å². The second-order valence-electron chi connectivity index (χ2n) is 5.89. The Labute approximate surface area is 133 Å². The van der Waals surface area contributed by atoms with E-state index in [-0.39, 0.29) is 17.6 Å². The van der Waals surface area contributed by atoms with Crippen molar-refractivity contribution in [2.75, 3.05) is 13.1 Å². The average Bonchev–Trinajstić information content (AvgIpc) is 3.21. The predicted molar refractivity (Wildman–Crippen MR) is 85.8 cm³/mol. The van der Waals surface area contributed by atoms with Crippen LogP contribution in [0.5, 0.6) is 0 Å². The third-order valence-corrected chi connectivity index (χ3v) is 4.35. The quantitative estimate of drug-likeness (QED) is 0.789. The molecule has 3 aromatic rings. The van der Waals surface area contributed by atoms with Gasteiger partial charge in [-0.15, -0.1) is 0 Å². The van der Waals surface area contributed by atoms with Crippen LogP contribution >= 0.6 is 0 Å². The lowest BCUT2D eigenvalue weighted by Gasteiger charge is -2.16. The van der Waals surface area contributed by atoms with Gasteiger partial charge in [-0.3, -0.25) is 4.79 Å². The molecule has 1 aromatic heterocycles. The fourth-order valence-corrected chi connectivity index (χ4v) is 3.13. The molecule has 4 rings (SSSR count). The Balaban J connectivity index is 1.54. The number of aromatic amines is 1. The number of fused-ring (bicyclic) bond motifs is 1. The van der Waals surface area contributed by atoms with E-state index in [0.717, 1.165) is 17.8 Å². The number of nitrogens with zero attached hydrogens (tertiary/aromatic N) is 2. The minimum absolute atomic E-state index is 0.0512. The number of amides is 1. The summed E-state index contributed by atoms with van der Waals surface area (Å²) in [7, 11) is 0. The van der Waals surface area contributed by atoms with Crippen molar-refractivity contribution in [2.45, 2.75) is 12.3 Å². The van der Waals surface area contributed by atoms with E-state index in [1.165, 1.54) is 12.1 Å². The van der Waals surface area contributed by atoms with E-state index in [2.05, 4.69) is 9.97 Å². The molecule has 23 heavy (non-hydrogen) atoms. The minimum Gasteiger partial charge on any atom is -0.342 e. The van der Waals surface area contributed by atoms with Crippen LogP contribution in [0.1, 0.15) is 28.5 Å². The lowest BCUT2D eigenvalue weighted by atomic mass is 10.1. The molecule has 5 heteroatoms. The molecule has 1 N–H and O–H groups in total. The van der Waals surface area contributed by atoms with Gasteiger partial charge in [-0.2, -0.15) is 0 Å². The summed E-state index contributed by atoms with van der Waals surface area (Å²) < 4.78 is 13.3. The third kappa shape index (κ3) is 2.59. The zero-order valence-corrected chi connectivity index (χ0v) is 12.5. The number of carbonyl (C=O) groups is 1. The zero-order valence-electron chi connectivity index (χ0n) is 12.5. The maximum absolute atomic E-state index is 13.3. The zero-order chi connectivity index (χ0) is 15.8. The molecule has 1 saturated heterocycles. The van der Waals surface area contributed by atoms with Gasteiger partial charge in [-0.05, 0) is 36.8 Å². The summed E-state index contributed by atoms with van der Waals surface area (Å²) in [6.45, 7) is 1.35. The molecule has 0 aliphatic carbocycles. The van der Waals surface area contributed by atoms with Crippen LogP contribution in [0, 0.1) is 5.82 Å². The molecule has 2 heterocycles. The van der Waals surface area contributed by atoms with Crippen molar-refractivity contribution in [1.29, 1.82) is 0 Å². The topological polar surface area (TPSA) is 49.0 Å². The number of H-pyrrole nitrogens is 1. The standard InChI is InChI=1S/C18H16FN3O/c19-14-6-7-15-16(10-14)21-17(20-15)13-8-9-22(11-13)18(23)12-4-2-1-3-5-12/h1-7,10,13H,8-9,11H2,(H,20,21)/t13-/m0/s1. The fourth-order valence-electron chi connectivity index (χ4n) is 3.13. The van der Waals surface area contributed by atoms with Crippen molar-refractivity contribution in [1.82, 2.24) is 14.9 Å². The highest BCUT2D eigenvalue weighted by atomic mass is 19.1. The number of halogens is 1. The normalized spacial score (nSPS) is 17.8. The average molecular weight is 309 g/mol. The number of rotatable bonds is 2. The lowest BCUT2D eigenvalue weighted by molar-refractivity contribution is 0.0790. The van der Waals surface area contributed by atoms with Crippen LogP contribution in [-0.4, -0.2) is 33.9 Å². The highest BCUT2D eigenvalue weighted by Gasteiger charge is 2.29. The van der Waals surface area contributed by atoms with Crippen LogP contribution in [0.25, 0.3) is 11.0 Å². The molecule has 0 bridgehead atoms. The van der Waals surface area contributed by atoms with Crippen molar-refractivity contribution in [3.63, 3.8) is 0 Å². The second kappa shape index (κ2) is 5.50. The smallest absolute Gasteiger partial charge is 0.253 e. The van der Waals surface area contributed by atoms with Gasteiger partial charge in [-0.25, -0.2) is 9.37 Å². The Morgan fingerprint density at radius 1 is 1.22 bits per heavy atom. The van der Waals surface area contributed by atoms with Crippen molar-refractivity contribution in [3.05, 3.63) is 65.7 Å². The molecular formula is C18H16FN3O. The first kappa shape index (κ1) is 13.9. The van der Waals surface area contributed by atoms with Gasteiger partial charge in [-0.1, -0.05) is 18.2 Å². The van der Waals surface area contributed by atoms with Gasteiger partial charge in [0.1, 0.15) is 11.6 Å². The number of imidazole rings is 1. The third-order valence-electron chi connectivity index (χ3n) is 4.35. The predicted octanol–water partition coefficient (Wildman–Crippen LogP) is 3.33. The Morgan fingerprint density at radius 3 is 2.87 bits per heavy atom. The molecule has 1 amide bonds. The van der Waals surface area contributed by atoms with E-state index in [0.29, 0.717) is 24.2 Å². The highest BCUT2D eigenvalue weighted by Crippen LogP contribution is 2.28. The van der Waals surface area contributed by atoms with Crippen LogP contribution in [0.4, 0.5) is 4.39 Å². The Morgan fingerprint density at radius 2 is 2.04 bits per heavy atom. The van der Waals surface area contributed by atoms with Crippen molar-refractivity contribution in [3.8, 4) is 0 Å². The van der Waals surface area contributed by atoms with E-state index in [1.807, 2.05) is 35.2 Å². The van der Waals surface area contributed by atoms with Crippen LogP contribution in [-0.2, 0) is 0 Å². The first-order valence-electron chi connectivity index (χ1n) is 7.70. The number of likely N-dealkylation sites (tertiary alicyclic amines) is 1. The minimum atomic E-state index is -0.278. The number of carbonyl (C=O) groups excluding carboxylic acids is 1. The summed E-state index contributed by atoms with van der Waals surface area (Å²) in [6.07, 6.45) is 0.862. The van der Waals surface area contributed by atoms with E-state index in [4.69, 9.17) is 0 Å². The maximum atomic E-state index is 13.3. The Kier molecular flexibility index (Phi) is 3.33. The van der Waals surface area contributed by atoms with Crippen molar-refractivity contribution < 1.29 is 9.18 Å². The van der Waals surface area contributed by atoms with Gasteiger partial charge in [0, 0.05) is 24.6 Å². The molecule has 0 unspecified atom stereocenters. The van der Waals surface area contributed by atoms with Gasteiger partial charge in [0.05, 0.1) is 11.0 Å². The van der Waals surface area contributed by atoms with Crippen LogP contribution in [0.2, 0.25) is 0 Å². The van der Waals surface area contributed by atoms with Crippen LogP contribution in [0.15, 0.2) is 48.5 Å². The lowest BCUT2D eigenvalue weighted by Crippen LogP contribution is -2.28. The number of nitrogens with one attached hydrogen (secondary N) is 1. The van der Waals surface area contributed by atoms with Crippen molar-refractivity contribution in [2.24, 2.45) is 0 Å². The molecule has 1 fully saturated rings. The molecule has 1 aliphatic rings. The number of benzene rings is 2. The van der Waals surface area contributed by atoms with Crippen LogP contribution < -0.4 is 0 Å². The number of aromatic nitrogens is 2. The summed E-state index contributed by atoms with van der Waals surface area (Å²) >= 11 is 0. The molecular weight excluding hydrogens is 293 g/mol. The molecule has 2 aromatic carbocycles. The van der Waals surface area contributed by atoms with Gasteiger partial charge in [0.15, 0.2) is 0 Å². The highest BCUT2D eigenvalue weighted by molar-refractivity contribution is 5.94. The Bertz CT molecular complexity index is 859. The van der Waals surface area contributed by atoms with Gasteiger partial charge in [0.25, 0.3) is 5.91 Å². The maximum Gasteiger partial charge on any atom is 0.253 e. The second-order valence-corrected chi connectivity index (χ2v) is 5.89. The fraction of sp³-hybridized carbons (Fsp3) is 0.222. The molecule has 4 nitrogen and oxygen atoms in total. The SMILES string of the molecule is O=C(c1ccccc1)N1CC[C@H](c2nc3ccc(F)cc3[nH]2)C1. The molecule has 0 saturated carbocycles. The summed E-state index contributed by atoms with van der Waals surface area (Å²) in [6, 6.07) is 13.8. The van der Waals surface area contributed by atoms with E-state index in [1.54, 1.807) is 6.07 Å². The summed E-state index contributed by atoms with van der Waals surface area (Å²) in [5.74, 6) is 0.766. The van der Waals surface area contributed by atoms with Crippen LogP contribution in [0.3, 0.4) is 0 Å². The van der Waals surface area contributed by atoms with Crippen molar-refractivity contribution >= 4 is 16.9 Å². The molecule has 1 atom stereocenters. The Hall–Kier alpha value is -2.69. The first-order chi connectivity index (χ1) is 11.2. The molecule has 1 aliphatic heterocycles. The molecule has 116 valence electrons. The monoisotopic (exact) mass is 309 g/mol. The largest absolute Gasteiger partial charge is 0.342 e. The van der Waals surface area contributed by atoms with E-state index in [9.17, 15) is 9.18 Å².